The van der Waals surface area contributed by atoms with Crippen LogP contribution in [-0.4, -0.2) is 55.2 Å². The number of para-hydroxylation sites is 1. The second-order valence-electron chi connectivity index (χ2n) is 6.21. The van der Waals surface area contributed by atoms with Crippen LogP contribution in [0.4, 0.5) is 10.6 Å². The van der Waals surface area contributed by atoms with Crippen molar-refractivity contribution in [3.8, 4) is 11.8 Å². The van der Waals surface area contributed by atoms with Crippen molar-refractivity contribution < 1.29 is 9.53 Å². The number of nitrogens with zero attached hydrogens (tertiary/aromatic N) is 4. The third kappa shape index (κ3) is 5.11. The molecule has 7 heteroatoms. The van der Waals surface area contributed by atoms with Crippen molar-refractivity contribution >= 4 is 11.8 Å². The molecule has 0 spiro atoms. The fourth-order valence-electron chi connectivity index (χ4n) is 3.02. The summed E-state index contributed by atoms with van der Waals surface area (Å²) in [6.45, 7) is 3.57. The fraction of sp³-hybridized carbons (Fsp3) is 0.350. The van der Waals surface area contributed by atoms with E-state index in [0.717, 1.165) is 18.7 Å². The maximum atomic E-state index is 12.4. The molecule has 0 unspecified atom stereocenters. The van der Waals surface area contributed by atoms with Crippen LogP contribution in [0, 0.1) is 11.3 Å². The molecule has 0 radical (unpaired) electrons. The molecule has 1 aliphatic rings. The molecule has 2 heterocycles. The number of amides is 2. The molecular weight excluding hydrogens is 342 g/mol. The first-order valence-corrected chi connectivity index (χ1v) is 9.08. The molecule has 0 saturated carbocycles. The highest BCUT2D eigenvalue weighted by Crippen LogP contribution is 2.18. The highest BCUT2D eigenvalue weighted by molar-refractivity contribution is 5.74. The third-order valence-corrected chi connectivity index (χ3v) is 4.38. The van der Waals surface area contributed by atoms with Crippen molar-refractivity contribution in [2.24, 2.45) is 0 Å². The SMILES string of the molecule is N#Cc1cccnc1N1CCCN(C(=O)NCCOc2ccccc2)CC1. The number of aromatic nitrogens is 1. The molecule has 0 aliphatic carbocycles. The molecule has 1 fully saturated rings. The molecule has 1 aliphatic heterocycles. The van der Waals surface area contributed by atoms with Gasteiger partial charge in [0.2, 0.25) is 0 Å². The van der Waals surface area contributed by atoms with E-state index >= 15 is 0 Å². The van der Waals surface area contributed by atoms with E-state index < -0.39 is 0 Å². The third-order valence-electron chi connectivity index (χ3n) is 4.38. The molecule has 1 aromatic heterocycles. The van der Waals surface area contributed by atoms with Crippen LogP contribution in [0.5, 0.6) is 5.75 Å². The average molecular weight is 365 g/mol. The van der Waals surface area contributed by atoms with Crippen molar-refractivity contribution in [1.29, 1.82) is 5.26 Å². The maximum Gasteiger partial charge on any atom is 0.317 e. The number of hydrogen-bond donors (Lipinski definition) is 1. The molecule has 7 nitrogen and oxygen atoms in total. The van der Waals surface area contributed by atoms with Crippen LogP contribution in [0.3, 0.4) is 0 Å². The Morgan fingerprint density at radius 3 is 2.81 bits per heavy atom. The molecule has 1 N–H and O–H groups in total. The number of rotatable bonds is 5. The lowest BCUT2D eigenvalue weighted by Crippen LogP contribution is -2.43. The number of carbonyl (C=O) groups excluding carboxylic acids is 1. The van der Waals surface area contributed by atoms with Gasteiger partial charge in [-0.3, -0.25) is 0 Å². The highest BCUT2D eigenvalue weighted by atomic mass is 16.5. The number of carbonyl (C=O) groups is 1. The molecule has 1 aromatic carbocycles. The molecule has 27 heavy (non-hydrogen) atoms. The highest BCUT2D eigenvalue weighted by Gasteiger charge is 2.21. The Bertz CT molecular complexity index is 790. The second kappa shape index (κ2) is 9.43. The van der Waals surface area contributed by atoms with E-state index in [-0.39, 0.29) is 6.03 Å². The summed E-state index contributed by atoms with van der Waals surface area (Å²) in [5, 5.41) is 12.2. The number of hydrogen-bond acceptors (Lipinski definition) is 5. The summed E-state index contributed by atoms with van der Waals surface area (Å²) >= 11 is 0. The zero-order chi connectivity index (χ0) is 18.9. The van der Waals surface area contributed by atoms with E-state index in [1.165, 1.54) is 0 Å². The molecular formula is C20H23N5O2. The minimum atomic E-state index is -0.0879. The van der Waals surface area contributed by atoms with Crippen LogP contribution in [0.2, 0.25) is 0 Å². The van der Waals surface area contributed by atoms with Crippen LogP contribution >= 0.6 is 0 Å². The Balaban J connectivity index is 1.46. The standard InChI is InChI=1S/C20H23N5O2/c21-16-17-6-4-9-22-19(17)24-11-5-12-25(14-13-24)20(26)23-10-15-27-18-7-2-1-3-8-18/h1-4,6-9H,5,10-15H2,(H,23,26). The lowest BCUT2D eigenvalue weighted by molar-refractivity contribution is 0.198. The topological polar surface area (TPSA) is 81.5 Å². The van der Waals surface area contributed by atoms with Gasteiger partial charge in [0.15, 0.2) is 0 Å². The van der Waals surface area contributed by atoms with Crippen molar-refractivity contribution in [2.45, 2.75) is 6.42 Å². The summed E-state index contributed by atoms with van der Waals surface area (Å²) < 4.78 is 5.59. The Morgan fingerprint density at radius 1 is 1.15 bits per heavy atom. The summed E-state index contributed by atoms with van der Waals surface area (Å²) in [4.78, 5) is 20.6. The van der Waals surface area contributed by atoms with Crippen LogP contribution < -0.4 is 15.0 Å². The van der Waals surface area contributed by atoms with E-state index in [1.54, 1.807) is 23.2 Å². The Labute approximate surface area is 159 Å². The minimum absolute atomic E-state index is 0.0879. The molecule has 2 amide bonds. The molecule has 2 aromatic rings. The van der Waals surface area contributed by atoms with Gasteiger partial charge in [-0.25, -0.2) is 9.78 Å². The van der Waals surface area contributed by atoms with Gasteiger partial charge < -0.3 is 19.9 Å². The first kappa shape index (κ1) is 18.5. The zero-order valence-electron chi connectivity index (χ0n) is 15.2. The first-order chi connectivity index (χ1) is 13.3. The Morgan fingerprint density at radius 2 is 2.00 bits per heavy atom. The van der Waals surface area contributed by atoms with Gasteiger partial charge in [-0.1, -0.05) is 18.2 Å². The van der Waals surface area contributed by atoms with E-state index in [1.807, 2.05) is 30.3 Å². The average Bonchev–Trinajstić information content (AvgIpc) is 2.98. The first-order valence-electron chi connectivity index (χ1n) is 9.08. The van der Waals surface area contributed by atoms with E-state index in [9.17, 15) is 10.1 Å². The van der Waals surface area contributed by atoms with E-state index in [2.05, 4.69) is 21.3 Å². The smallest absolute Gasteiger partial charge is 0.317 e. The molecule has 3 rings (SSSR count). The molecule has 140 valence electrons. The maximum absolute atomic E-state index is 12.4. The number of pyridine rings is 1. The summed E-state index contributed by atoms with van der Waals surface area (Å²) in [7, 11) is 0. The summed E-state index contributed by atoms with van der Waals surface area (Å²) in [5.74, 6) is 1.49. The summed E-state index contributed by atoms with van der Waals surface area (Å²) in [5.41, 5.74) is 0.563. The predicted molar refractivity (Wildman–Crippen MR) is 103 cm³/mol. The Hall–Kier alpha value is -3.27. The number of urea groups is 1. The van der Waals surface area contributed by atoms with Gasteiger partial charge in [0, 0.05) is 32.4 Å². The van der Waals surface area contributed by atoms with Crippen LogP contribution in [0.15, 0.2) is 48.7 Å². The summed E-state index contributed by atoms with van der Waals surface area (Å²) in [6.07, 6.45) is 2.52. The lowest BCUT2D eigenvalue weighted by atomic mass is 10.2. The van der Waals surface area contributed by atoms with Crippen molar-refractivity contribution in [3.05, 3.63) is 54.2 Å². The number of nitriles is 1. The van der Waals surface area contributed by atoms with Crippen LogP contribution in [0.25, 0.3) is 0 Å². The van der Waals surface area contributed by atoms with Gasteiger partial charge in [-0.15, -0.1) is 0 Å². The lowest BCUT2D eigenvalue weighted by Gasteiger charge is -2.23. The molecule has 0 bridgehead atoms. The monoisotopic (exact) mass is 365 g/mol. The predicted octanol–water partition coefficient (Wildman–Crippen LogP) is 2.25. The number of benzene rings is 1. The summed E-state index contributed by atoms with van der Waals surface area (Å²) in [6, 6.07) is 15.2. The van der Waals surface area contributed by atoms with Gasteiger partial charge >= 0.3 is 6.03 Å². The molecule has 1 saturated heterocycles. The minimum Gasteiger partial charge on any atom is -0.492 e. The van der Waals surface area contributed by atoms with Crippen LogP contribution in [0.1, 0.15) is 12.0 Å². The number of ether oxygens (including phenoxy) is 1. The fourth-order valence-corrected chi connectivity index (χ4v) is 3.02. The Kier molecular flexibility index (Phi) is 6.47. The van der Waals surface area contributed by atoms with Gasteiger partial charge in [0.05, 0.1) is 12.1 Å². The van der Waals surface area contributed by atoms with Gasteiger partial charge in [0.25, 0.3) is 0 Å². The van der Waals surface area contributed by atoms with E-state index in [4.69, 9.17) is 4.74 Å². The van der Waals surface area contributed by atoms with Crippen molar-refractivity contribution in [2.75, 3.05) is 44.2 Å². The van der Waals surface area contributed by atoms with Gasteiger partial charge in [-0.2, -0.15) is 5.26 Å². The second-order valence-corrected chi connectivity index (χ2v) is 6.21. The quantitative estimate of drug-likeness (QED) is 0.822. The molecule has 0 atom stereocenters. The largest absolute Gasteiger partial charge is 0.492 e. The van der Waals surface area contributed by atoms with Crippen molar-refractivity contribution in [1.82, 2.24) is 15.2 Å². The van der Waals surface area contributed by atoms with Gasteiger partial charge in [0.1, 0.15) is 24.2 Å². The number of anilines is 1. The van der Waals surface area contributed by atoms with E-state index in [0.29, 0.717) is 44.2 Å². The number of nitrogens with one attached hydrogen (secondary N) is 1. The zero-order valence-corrected chi connectivity index (χ0v) is 15.2. The normalized spacial score (nSPS) is 14.2. The van der Waals surface area contributed by atoms with Gasteiger partial charge in [-0.05, 0) is 30.7 Å². The van der Waals surface area contributed by atoms with Crippen molar-refractivity contribution in [3.63, 3.8) is 0 Å². The van der Waals surface area contributed by atoms with Crippen LogP contribution in [-0.2, 0) is 0 Å².